The molecule has 2 N–H and O–H groups in total. The monoisotopic (exact) mass is 363 g/mol. The van der Waals surface area contributed by atoms with Gasteiger partial charge in [0.2, 0.25) is 11.8 Å². The maximum absolute atomic E-state index is 12.1. The van der Waals surface area contributed by atoms with Crippen LogP contribution in [0.1, 0.15) is 35.9 Å². The summed E-state index contributed by atoms with van der Waals surface area (Å²) in [5.41, 5.74) is 0.379. The molecule has 0 aliphatic carbocycles. The van der Waals surface area contributed by atoms with E-state index in [1.54, 1.807) is 37.3 Å². The van der Waals surface area contributed by atoms with Crippen molar-refractivity contribution >= 4 is 35.0 Å². The molecule has 2 aromatic rings. The molecule has 1 aromatic heterocycles. The summed E-state index contributed by atoms with van der Waals surface area (Å²) in [4.78, 5) is 36.0. The van der Waals surface area contributed by atoms with E-state index in [9.17, 15) is 14.4 Å². The first-order valence-corrected chi connectivity index (χ1v) is 8.06. The zero-order chi connectivity index (χ0) is 18.4. The van der Waals surface area contributed by atoms with E-state index >= 15 is 0 Å². The van der Waals surface area contributed by atoms with E-state index in [2.05, 4.69) is 15.8 Å². The molecule has 1 aromatic carbocycles. The number of aromatic nitrogens is 1. The van der Waals surface area contributed by atoms with Gasteiger partial charge in [0, 0.05) is 24.5 Å². The lowest BCUT2D eigenvalue weighted by Crippen LogP contribution is -2.41. The number of Topliss-reactive ketones (excluding diaryl/α,β-unsaturated/α-hetero) is 1. The van der Waals surface area contributed by atoms with Gasteiger partial charge < -0.3 is 15.2 Å². The second kappa shape index (κ2) is 8.43. The number of anilines is 1. The van der Waals surface area contributed by atoms with Crippen LogP contribution in [-0.2, 0) is 9.59 Å². The lowest BCUT2D eigenvalue weighted by molar-refractivity contribution is -0.126. The average Bonchev–Trinajstić information content (AvgIpc) is 2.98. The molecule has 0 saturated heterocycles. The summed E-state index contributed by atoms with van der Waals surface area (Å²) in [6, 6.07) is 7.44. The van der Waals surface area contributed by atoms with Gasteiger partial charge in [0.15, 0.2) is 11.6 Å². The molecule has 0 fully saturated rings. The number of benzene rings is 1. The molecule has 0 saturated carbocycles. The number of halogens is 1. The summed E-state index contributed by atoms with van der Waals surface area (Å²) in [5.74, 6) is -0.225. The van der Waals surface area contributed by atoms with Crippen LogP contribution in [0.3, 0.4) is 0 Å². The fraction of sp³-hybridized carbons (Fsp3) is 0.294. The first-order valence-electron chi connectivity index (χ1n) is 7.68. The van der Waals surface area contributed by atoms with Crippen molar-refractivity contribution in [3.8, 4) is 0 Å². The summed E-state index contributed by atoms with van der Waals surface area (Å²) in [6.07, 6.45) is -0.0306. The molecule has 1 heterocycles. The summed E-state index contributed by atoms with van der Waals surface area (Å²) in [7, 11) is 0. The van der Waals surface area contributed by atoms with Crippen LogP contribution in [0.5, 0.6) is 0 Å². The van der Waals surface area contributed by atoms with E-state index in [0.29, 0.717) is 16.3 Å². The Hall–Kier alpha value is -2.67. The molecule has 0 bridgehead atoms. The van der Waals surface area contributed by atoms with Gasteiger partial charge in [-0.05, 0) is 26.0 Å². The van der Waals surface area contributed by atoms with E-state index in [-0.39, 0.29) is 24.4 Å². The zero-order valence-electron chi connectivity index (χ0n) is 13.8. The van der Waals surface area contributed by atoms with Gasteiger partial charge in [0.05, 0.1) is 5.02 Å². The van der Waals surface area contributed by atoms with E-state index in [4.69, 9.17) is 16.1 Å². The van der Waals surface area contributed by atoms with Crippen LogP contribution in [0.4, 0.5) is 5.82 Å². The Kier molecular flexibility index (Phi) is 6.30. The largest absolute Gasteiger partial charge is 0.360 e. The molecular weight excluding hydrogens is 346 g/mol. The van der Waals surface area contributed by atoms with Crippen molar-refractivity contribution in [3.63, 3.8) is 0 Å². The quantitative estimate of drug-likeness (QED) is 0.736. The summed E-state index contributed by atoms with van der Waals surface area (Å²) in [6.45, 7) is 3.24. The molecule has 8 heteroatoms. The number of rotatable bonds is 7. The minimum Gasteiger partial charge on any atom is -0.360 e. The molecular formula is C17H18ClN3O4. The van der Waals surface area contributed by atoms with E-state index in [1.807, 2.05) is 0 Å². The Labute approximate surface area is 149 Å². The molecule has 25 heavy (non-hydrogen) atoms. The van der Waals surface area contributed by atoms with Gasteiger partial charge in [-0.1, -0.05) is 28.9 Å². The molecule has 0 radical (unpaired) electrons. The van der Waals surface area contributed by atoms with Crippen LogP contribution in [-0.4, -0.2) is 28.8 Å². The number of carbonyl (C=O) groups is 3. The second-order valence-electron chi connectivity index (χ2n) is 5.50. The Bertz CT molecular complexity index is 788. The van der Waals surface area contributed by atoms with Crippen LogP contribution in [0.25, 0.3) is 0 Å². The smallest absolute Gasteiger partial charge is 0.247 e. The van der Waals surface area contributed by atoms with Crippen molar-refractivity contribution in [3.05, 3.63) is 46.7 Å². The molecule has 2 amide bonds. The molecule has 1 atom stereocenters. The number of nitrogens with zero attached hydrogens (tertiary/aromatic N) is 1. The Balaban J connectivity index is 1.80. The molecule has 0 aliphatic heterocycles. The number of carbonyl (C=O) groups excluding carboxylic acids is 3. The fourth-order valence-electron chi connectivity index (χ4n) is 2.09. The highest BCUT2D eigenvalue weighted by Crippen LogP contribution is 2.17. The van der Waals surface area contributed by atoms with E-state index < -0.39 is 17.9 Å². The third kappa shape index (κ3) is 5.42. The van der Waals surface area contributed by atoms with Crippen molar-refractivity contribution in [2.24, 2.45) is 0 Å². The summed E-state index contributed by atoms with van der Waals surface area (Å²) >= 11 is 5.95. The summed E-state index contributed by atoms with van der Waals surface area (Å²) in [5, 5.41) is 9.05. The first-order chi connectivity index (χ1) is 11.9. The first kappa shape index (κ1) is 18.7. The number of nitrogens with one attached hydrogen (secondary N) is 2. The molecule has 0 spiro atoms. The van der Waals surface area contributed by atoms with Crippen LogP contribution in [0.2, 0.25) is 5.02 Å². The second-order valence-corrected chi connectivity index (χ2v) is 5.91. The van der Waals surface area contributed by atoms with Gasteiger partial charge in [0.1, 0.15) is 11.8 Å². The van der Waals surface area contributed by atoms with Gasteiger partial charge in [0.25, 0.3) is 0 Å². The van der Waals surface area contributed by atoms with Crippen molar-refractivity contribution in [1.82, 2.24) is 10.5 Å². The summed E-state index contributed by atoms with van der Waals surface area (Å²) < 4.78 is 4.84. The Morgan fingerprint density at radius 3 is 2.60 bits per heavy atom. The maximum atomic E-state index is 12.1. The minimum absolute atomic E-state index is 0.00634. The topological polar surface area (TPSA) is 101 Å². The molecule has 7 nitrogen and oxygen atoms in total. The van der Waals surface area contributed by atoms with Crippen LogP contribution in [0, 0.1) is 6.92 Å². The van der Waals surface area contributed by atoms with E-state index in [1.165, 1.54) is 6.92 Å². The molecule has 2 rings (SSSR count). The number of amides is 2. The average molecular weight is 364 g/mol. The van der Waals surface area contributed by atoms with Crippen molar-refractivity contribution in [1.29, 1.82) is 0 Å². The minimum atomic E-state index is -0.778. The zero-order valence-corrected chi connectivity index (χ0v) is 14.6. The molecule has 1 unspecified atom stereocenters. The highest BCUT2D eigenvalue weighted by Gasteiger charge is 2.18. The predicted molar refractivity (Wildman–Crippen MR) is 92.5 cm³/mol. The van der Waals surface area contributed by atoms with E-state index in [0.717, 1.165) is 0 Å². The van der Waals surface area contributed by atoms with Gasteiger partial charge >= 0.3 is 0 Å². The Morgan fingerprint density at radius 1 is 1.24 bits per heavy atom. The lowest BCUT2D eigenvalue weighted by atomic mass is 10.1. The Morgan fingerprint density at radius 2 is 1.96 bits per heavy atom. The third-order valence-corrected chi connectivity index (χ3v) is 3.73. The van der Waals surface area contributed by atoms with Crippen molar-refractivity contribution in [2.75, 3.05) is 5.32 Å². The SMILES string of the molecule is Cc1cc(NC(=O)C(C)NC(=O)CCC(=O)c2ccccc2Cl)no1. The number of aryl methyl sites for hydroxylation is 1. The van der Waals surface area contributed by atoms with Gasteiger partial charge in [-0.2, -0.15) is 0 Å². The van der Waals surface area contributed by atoms with Crippen LogP contribution < -0.4 is 10.6 Å². The number of hydrogen-bond acceptors (Lipinski definition) is 5. The maximum Gasteiger partial charge on any atom is 0.247 e. The predicted octanol–water partition coefficient (Wildman–Crippen LogP) is 2.74. The number of hydrogen-bond donors (Lipinski definition) is 2. The number of ketones is 1. The van der Waals surface area contributed by atoms with Gasteiger partial charge in [-0.3, -0.25) is 14.4 Å². The standard InChI is InChI=1S/C17H18ClN3O4/c1-10-9-15(21-25-10)20-17(24)11(2)19-16(23)8-7-14(22)12-5-3-4-6-13(12)18/h3-6,9,11H,7-8H2,1-2H3,(H,19,23)(H,20,21,24). The molecule has 132 valence electrons. The van der Waals surface area contributed by atoms with Crippen molar-refractivity contribution < 1.29 is 18.9 Å². The molecule has 0 aliphatic rings. The van der Waals surface area contributed by atoms with Crippen LogP contribution >= 0.6 is 11.6 Å². The van der Waals surface area contributed by atoms with Gasteiger partial charge in [-0.15, -0.1) is 0 Å². The fourth-order valence-corrected chi connectivity index (χ4v) is 2.33. The highest BCUT2D eigenvalue weighted by atomic mass is 35.5. The van der Waals surface area contributed by atoms with Gasteiger partial charge in [-0.25, -0.2) is 0 Å². The van der Waals surface area contributed by atoms with Crippen LogP contribution in [0.15, 0.2) is 34.9 Å². The highest BCUT2D eigenvalue weighted by molar-refractivity contribution is 6.34. The normalized spacial score (nSPS) is 11.6. The lowest BCUT2D eigenvalue weighted by Gasteiger charge is -2.12. The van der Waals surface area contributed by atoms with Crippen molar-refractivity contribution in [2.45, 2.75) is 32.7 Å². The third-order valence-electron chi connectivity index (χ3n) is 3.40.